The van der Waals surface area contributed by atoms with Gasteiger partial charge in [0.15, 0.2) is 12.4 Å². The van der Waals surface area contributed by atoms with Gasteiger partial charge in [0.2, 0.25) is 5.78 Å². The number of hydrogen-bond donors (Lipinski definition) is 2. The van der Waals surface area contributed by atoms with Gasteiger partial charge in [-0.25, -0.2) is 0 Å². The van der Waals surface area contributed by atoms with Gasteiger partial charge in [0.1, 0.15) is 17.2 Å². The minimum absolute atomic E-state index is 0.105. The molecule has 0 spiro atoms. The molecule has 2 N–H and O–H groups in total. The number of fused-ring (bicyclic) bond motifs is 1. The first-order valence-corrected chi connectivity index (χ1v) is 9.66. The maximum Gasteiger partial charge on any atom is 0.258 e. The van der Waals surface area contributed by atoms with E-state index in [0.29, 0.717) is 22.8 Å². The van der Waals surface area contributed by atoms with Crippen LogP contribution in [-0.2, 0) is 4.79 Å². The van der Waals surface area contributed by atoms with Crippen molar-refractivity contribution in [2.24, 2.45) is 5.92 Å². The molecule has 0 aliphatic carbocycles. The molecule has 158 valence electrons. The Hall–Kier alpha value is -3.32. The highest BCUT2D eigenvalue weighted by atomic mass is 16.5. The summed E-state index contributed by atoms with van der Waals surface area (Å²) in [6.45, 7) is 3.48. The normalized spacial score (nSPS) is 15.0. The monoisotopic (exact) mass is 411 g/mol. The zero-order valence-corrected chi connectivity index (χ0v) is 17.2. The summed E-state index contributed by atoms with van der Waals surface area (Å²) in [6.07, 6.45) is 1.65. The van der Waals surface area contributed by atoms with E-state index in [2.05, 4.69) is 5.32 Å². The molecular weight excluding hydrogens is 386 g/mol. The summed E-state index contributed by atoms with van der Waals surface area (Å²) in [5.41, 5.74) is 1.21. The number of rotatable bonds is 8. The number of aliphatic hydroxyl groups excluding tert-OH is 1. The predicted molar refractivity (Wildman–Crippen MR) is 112 cm³/mol. The molecule has 0 saturated carbocycles. The third kappa shape index (κ3) is 4.99. The summed E-state index contributed by atoms with van der Waals surface area (Å²) >= 11 is 0. The van der Waals surface area contributed by atoms with E-state index in [9.17, 15) is 14.7 Å². The van der Waals surface area contributed by atoms with Gasteiger partial charge in [-0.1, -0.05) is 26.0 Å². The van der Waals surface area contributed by atoms with Crippen molar-refractivity contribution in [1.82, 2.24) is 5.32 Å². The second-order valence-corrected chi connectivity index (χ2v) is 7.26. The summed E-state index contributed by atoms with van der Waals surface area (Å²) in [7, 11) is 1.58. The third-order valence-corrected chi connectivity index (χ3v) is 4.75. The maximum atomic E-state index is 12.6. The Morgan fingerprint density at radius 2 is 2.00 bits per heavy atom. The molecule has 0 fully saturated rings. The van der Waals surface area contributed by atoms with Gasteiger partial charge in [-0.3, -0.25) is 9.59 Å². The van der Waals surface area contributed by atoms with Crippen molar-refractivity contribution in [3.05, 3.63) is 59.4 Å². The van der Waals surface area contributed by atoms with Crippen LogP contribution in [0.4, 0.5) is 0 Å². The van der Waals surface area contributed by atoms with Crippen LogP contribution in [0.5, 0.6) is 17.2 Å². The van der Waals surface area contributed by atoms with Crippen LogP contribution in [0.2, 0.25) is 0 Å². The molecule has 1 aliphatic rings. The van der Waals surface area contributed by atoms with Crippen LogP contribution >= 0.6 is 0 Å². The predicted octanol–water partition coefficient (Wildman–Crippen LogP) is 2.82. The number of methoxy groups -OCH3 is 1. The Balaban J connectivity index is 1.66. The number of ketones is 1. The second kappa shape index (κ2) is 9.45. The molecule has 7 heteroatoms. The van der Waals surface area contributed by atoms with E-state index in [1.807, 2.05) is 32.0 Å². The fourth-order valence-corrected chi connectivity index (χ4v) is 2.96. The number of benzene rings is 2. The van der Waals surface area contributed by atoms with Crippen LogP contribution in [0.3, 0.4) is 0 Å². The third-order valence-electron chi connectivity index (χ3n) is 4.75. The fraction of sp³-hybridized carbons (Fsp3) is 0.304. The van der Waals surface area contributed by atoms with Crippen LogP contribution in [0.25, 0.3) is 6.08 Å². The van der Waals surface area contributed by atoms with E-state index in [-0.39, 0.29) is 42.6 Å². The van der Waals surface area contributed by atoms with Crippen molar-refractivity contribution in [3.63, 3.8) is 0 Å². The molecule has 0 bridgehead atoms. The van der Waals surface area contributed by atoms with E-state index < -0.39 is 0 Å². The second-order valence-electron chi connectivity index (χ2n) is 7.26. The molecule has 0 saturated heterocycles. The highest BCUT2D eigenvalue weighted by molar-refractivity contribution is 6.14. The van der Waals surface area contributed by atoms with Gasteiger partial charge in [0.05, 0.1) is 25.3 Å². The summed E-state index contributed by atoms with van der Waals surface area (Å²) in [5, 5.41) is 12.0. The quantitative estimate of drug-likeness (QED) is 0.649. The van der Waals surface area contributed by atoms with Gasteiger partial charge in [0.25, 0.3) is 5.91 Å². The maximum absolute atomic E-state index is 12.6. The number of carbonyl (C=O) groups excluding carboxylic acids is 2. The molecule has 7 nitrogen and oxygen atoms in total. The number of ether oxygens (including phenoxy) is 3. The van der Waals surface area contributed by atoms with Crippen LogP contribution in [0.15, 0.2) is 48.2 Å². The van der Waals surface area contributed by atoms with Crippen LogP contribution in [0, 0.1) is 5.92 Å². The molecular formula is C23H25NO6. The fourth-order valence-electron chi connectivity index (χ4n) is 2.96. The first-order valence-electron chi connectivity index (χ1n) is 9.66. The lowest BCUT2D eigenvalue weighted by molar-refractivity contribution is -0.124. The first-order chi connectivity index (χ1) is 14.4. The zero-order valence-electron chi connectivity index (χ0n) is 17.2. The standard InChI is InChI=1S/C23H25NO6/c1-14(2)19(12-25)24-22(26)13-29-17-7-8-18-20(11-17)30-21(23(18)27)10-15-5-4-6-16(9-15)28-3/h4-11,14,19,25H,12-13H2,1-3H3,(H,24,26)/b21-10-/t19-/m1/s1. The largest absolute Gasteiger partial charge is 0.497 e. The van der Waals surface area contributed by atoms with E-state index in [4.69, 9.17) is 14.2 Å². The van der Waals surface area contributed by atoms with Crippen molar-refractivity contribution in [3.8, 4) is 17.2 Å². The van der Waals surface area contributed by atoms with E-state index in [0.717, 1.165) is 5.56 Å². The van der Waals surface area contributed by atoms with Crippen molar-refractivity contribution in [1.29, 1.82) is 0 Å². The molecule has 30 heavy (non-hydrogen) atoms. The van der Waals surface area contributed by atoms with Gasteiger partial charge >= 0.3 is 0 Å². The zero-order chi connectivity index (χ0) is 21.7. The van der Waals surface area contributed by atoms with Gasteiger partial charge < -0.3 is 24.6 Å². The molecule has 1 heterocycles. The van der Waals surface area contributed by atoms with Crippen molar-refractivity contribution < 1.29 is 28.9 Å². The smallest absolute Gasteiger partial charge is 0.258 e. The van der Waals surface area contributed by atoms with Crippen LogP contribution < -0.4 is 19.5 Å². The van der Waals surface area contributed by atoms with Crippen LogP contribution in [0.1, 0.15) is 29.8 Å². The highest BCUT2D eigenvalue weighted by Gasteiger charge is 2.28. The summed E-state index contributed by atoms with van der Waals surface area (Å²) in [4.78, 5) is 24.6. The number of carbonyl (C=O) groups is 2. The topological polar surface area (TPSA) is 94.1 Å². The van der Waals surface area contributed by atoms with Crippen LogP contribution in [-0.4, -0.2) is 43.2 Å². The lowest BCUT2D eigenvalue weighted by Crippen LogP contribution is -2.43. The van der Waals surface area contributed by atoms with Crippen molar-refractivity contribution in [2.45, 2.75) is 19.9 Å². The average Bonchev–Trinajstić information content (AvgIpc) is 3.05. The Morgan fingerprint density at radius 1 is 1.20 bits per heavy atom. The summed E-state index contributed by atoms with van der Waals surface area (Å²) < 4.78 is 16.4. The number of nitrogens with one attached hydrogen (secondary N) is 1. The number of aliphatic hydroxyl groups is 1. The molecule has 3 rings (SSSR count). The van der Waals surface area contributed by atoms with Crippen molar-refractivity contribution in [2.75, 3.05) is 20.3 Å². The molecule has 0 unspecified atom stereocenters. The number of amides is 1. The van der Waals surface area contributed by atoms with Gasteiger partial charge in [-0.15, -0.1) is 0 Å². The van der Waals surface area contributed by atoms with Gasteiger partial charge in [0, 0.05) is 6.07 Å². The van der Waals surface area contributed by atoms with Crippen molar-refractivity contribution >= 4 is 17.8 Å². The molecule has 1 atom stereocenters. The number of Topliss-reactive ketones (excluding diaryl/α,β-unsaturated/α-hetero) is 1. The van der Waals surface area contributed by atoms with E-state index in [1.54, 1.807) is 37.5 Å². The number of hydrogen-bond acceptors (Lipinski definition) is 6. The summed E-state index contributed by atoms with van der Waals surface area (Å²) in [5.74, 6) is 1.22. The molecule has 2 aromatic carbocycles. The first kappa shape index (κ1) is 21.4. The van der Waals surface area contributed by atoms with Gasteiger partial charge in [-0.2, -0.15) is 0 Å². The van der Waals surface area contributed by atoms with E-state index >= 15 is 0 Å². The number of allylic oxidation sites excluding steroid dienone is 1. The Kier molecular flexibility index (Phi) is 6.74. The van der Waals surface area contributed by atoms with E-state index in [1.165, 1.54) is 0 Å². The lowest BCUT2D eigenvalue weighted by atomic mass is 10.1. The Labute approximate surface area is 175 Å². The van der Waals surface area contributed by atoms with Gasteiger partial charge in [-0.05, 0) is 41.8 Å². The molecule has 0 radical (unpaired) electrons. The minimum Gasteiger partial charge on any atom is -0.497 e. The Bertz CT molecular complexity index is 966. The SMILES string of the molecule is COc1cccc(/C=C2\Oc3cc(OCC(=O)N[C@H](CO)C(C)C)ccc3C2=O)c1. The summed E-state index contributed by atoms with van der Waals surface area (Å²) in [6, 6.07) is 11.8. The molecule has 0 aromatic heterocycles. The molecule has 2 aromatic rings. The molecule has 1 amide bonds. The lowest BCUT2D eigenvalue weighted by Gasteiger charge is -2.19. The minimum atomic E-state index is -0.334. The average molecular weight is 411 g/mol. The molecule has 1 aliphatic heterocycles. The highest BCUT2D eigenvalue weighted by Crippen LogP contribution is 2.35. The Morgan fingerprint density at radius 3 is 2.70 bits per heavy atom.